The molecule has 0 fully saturated rings. The zero-order valence-electron chi connectivity index (χ0n) is 19.3. The van der Waals surface area contributed by atoms with Gasteiger partial charge in [-0.15, -0.1) is 0 Å². The van der Waals surface area contributed by atoms with Crippen molar-refractivity contribution in [1.82, 2.24) is 20.2 Å². The molecule has 31 heavy (non-hydrogen) atoms. The summed E-state index contributed by atoms with van der Waals surface area (Å²) in [6, 6.07) is 14.5. The van der Waals surface area contributed by atoms with E-state index in [4.69, 9.17) is 5.10 Å². The van der Waals surface area contributed by atoms with Gasteiger partial charge in [-0.25, -0.2) is 0 Å². The molecule has 0 atom stereocenters. The summed E-state index contributed by atoms with van der Waals surface area (Å²) in [4.78, 5) is 9.25. The summed E-state index contributed by atoms with van der Waals surface area (Å²) in [5, 5.41) is 9.44. The first-order valence-electron chi connectivity index (χ1n) is 11.9. The van der Waals surface area contributed by atoms with E-state index in [1.807, 2.05) is 36.7 Å². The molecule has 0 bridgehead atoms. The normalized spacial score (nSPS) is 11.6. The molecule has 5 heteroatoms. The van der Waals surface area contributed by atoms with Crippen LogP contribution in [0.4, 0.5) is 0 Å². The number of pyridine rings is 2. The van der Waals surface area contributed by atoms with Gasteiger partial charge in [0.15, 0.2) is 0 Å². The van der Waals surface area contributed by atoms with Gasteiger partial charge in [0.2, 0.25) is 0 Å². The number of aromatic nitrogens is 4. The fourth-order valence-corrected chi connectivity index (χ4v) is 20.9. The van der Waals surface area contributed by atoms with Crippen LogP contribution in [0.15, 0.2) is 54.9 Å². The topological polar surface area (TPSA) is 51.6 Å². The van der Waals surface area contributed by atoms with Gasteiger partial charge in [0.05, 0.1) is 0 Å². The zero-order valence-corrected chi connectivity index (χ0v) is 22.2. The van der Waals surface area contributed by atoms with Gasteiger partial charge in [-0.1, -0.05) is 0 Å². The van der Waals surface area contributed by atoms with Gasteiger partial charge >= 0.3 is 192 Å². The number of hydrogen-bond acceptors (Lipinski definition) is 4. The van der Waals surface area contributed by atoms with Crippen molar-refractivity contribution in [3.05, 3.63) is 54.9 Å². The van der Waals surface area contributed by atoms with E-state index in [9.17, 15) is 0 Å². The Kier molecular flexibility index (Phi) is 9.44. The van der Waals surface area contributed by atoms with Crippen molar-refractivity contribution in [1.29, 1.82) is 0 Å². The summed E-state index contributed by atoms with van der Waals surface area (Å²) in [5.41, 5.74) is 3.80. The van der Waals surface area contributed by atoms with E-state index in [1.54, 1.807) is 0 Å². The minimum atomic E-state index is -2.76. The molecule has 3 heterocycles. The van der Waals surface area contributed by atoms with Gasteiger partial charge in [0.25, 0.3) is 0 Å². The van der Waals surface area contributed by atoms with Crippen LogP contribution in [-0.4, -0.2) is 38.5 Å². The van der Waals surface area contributed by atoms with Gasteiger partial charge in [0.1, 0.15) is 0 Å². The summed E-state index contributed by atoms with van der Waals surface area (Å²) in [5.74, 6) is 0. The number of rotatable bonds is 12. The molecule has 0 amide bonds. The van der Waals surface area contributed by atoms with Gasteiger partial charge in [-0.3, -0.25) is 0 Å². The first-order chi connectivity index (χ1) is 15.2. The summed E-state index contributed by atoms with van der Waals surface area (Å²) in [6.07, 6.45) is 11.4. The monoisotopic (exact) mass is 524 g/mol. The maximum atomic E-state index is 4.82. The first kappa shape index (κ1) is 23.8. The second-order valence-corrected chi connectivity index (χ2v) is 21.6. The standard InChI is InChI=1S/C14H9N4.3C4H9.Sn/c1-3-9-15-11(5-1)13-7-8-14(18-17-13)12-6-2-4-10-16-12;3*1-3-4-2;/h1-7,9-10H;3*1,3-4H2,2H3;. The number of hydrogen-bond donors (Lipinski definition) is 0. The van der Waals surface area contributed by atoms with E-state index in [2.05, 4.69) is 54.0 Å². The molecule has 4 nitrogen and oxygen atoms in total. The van der Waals surface area contributed by atoms with E-state index in [-0.39, 0.29) is 0 Å². The Bertz CT molecular complexity index is 893. The van der Waals surface area contributed by atoms with Crippen molar-refractivity contribution in [3.63, 3.8) is 0 Å². The quantitative estimate of drug-likeness (QED) is 0.249. The third kappa shape index (κ3) is 6.12. The second kappa shape index (κ2) is 12.3. The number of nitrogens with zero attached hydrogens (tertiary/aromatic N) is 4. The summed E-state index contributed by atoms with van der Waals surface area (Å²) < 4.78 is 5.67. The molecule has 0 aromatic carbocycles. The SMILES string of the molecule is CCC[CH2][Sn]([CH2]CCC)([CH2]CCC)[c]1cc(-c2ccccn2)nnc1-c1ccccn1. The average molecular weight is 523 g/mol. The third-order valence-electron chi connectivity index (χ3n) is 6.23. The predicted octanol–water partition coefficient (Wildman–Crippen LogP) is 6.66. The zero-order chi connectivity index (χ0) is 21.9. The Hall–Kier alpha value is -1.82. The maximum absolute atomic E-state index is 4.82. The van der Waals surface area contributed by atoms with E-state index < -0.39 is 18.4 Å². The van der Waals surface area contributed by atoms with E-state index in [1.165, 1.54) is 55.4 Å². The molecule has 0 N–H and O–H groups in total. The number of unbranched alkanes of at least 4 members (excludes halogenated alkanes) is 3. The van der Waals surface area contributed by atoms with Crippen molar-refractivity contribution in [3.8, 4) is 22.8 Å². The third-order valence-corrected chi connectivity index (χ3v) is 21.8. The Morgan fingerprint density at radius 1 is 0.645 bits per heavy atom. The molecular weight excluding hydrogens is 487 g/mol. The average Bonchev–Trinajstić information content (AvgIpc) is 2.84. The van der Waals surface area contributed by atoms with Crippen LogP contribution in [0.3, 0.4) is 0 Å². The summed E-state index contributed by atoms with van der Waals surface area (Å²) >= 11 is -2.76. The van der Waals surface area contributed by atoms with E-state index in [0.29, 0.717) is 0 Å². The molecule has 0 saturated heterocycles. The Balaban J connectivity index is 2.21. The minimum absolute atomic E-state index is 0.904. The van der Waals surface area contributed by atoms with Crippen LogP contribution in [0.1, 0.15) is 59.3 Å². The molecule has 0 saturated carbocycles. The molecule has 3 aromatic heterocycles. The van der Waals surface area contributed by atoms with E-state index in [0.717, 1.165) is 22.8 Å². The van der Waals surface area contributed by atoms with Crippen molar-refractivity contribution < 1.29 is 0 Å². The first-order valence-corrected chi connectivity index (χ1v) is 19.4. The van der Waals surface area contributed by atoms with Crippen LogP contribution >= 0.6 is 0 Å². The molecule has 0 unspecified atom stereocenters. The molecule has 164 valence electrons. The summed E-state index contributed by atoms with van der Waals surface area (Å²) in [7, 11) is 0. The molecule has 3 aromatic rings. The van der Waals surface area contributed by atoms with Crippen molar-refractivity contribution >= 4 is 22.0 Å². The van der Waals surface area contributed by atoms with Crippen LogP contribution < -0.4 is 3.58 Å². The van der Waals surface area contributed by atoms with Crippen molar-refractivity contribution in [2.24, 2.45) is 0 Å². The van der Waals surface area contributed by atoms with Crippen LogP contribution in [0.25, 0.3) is 22.8 Å². The van der Waals surface area contributed by atoms with Crippen LogP contribution in [0.5, 0.6) is 0 Å². The Labute approximate surface area is 191 Å². The summed E-state index contributed by atoms with van der Waals surface area (Å²) in [6.45, 7) is 6.96. The Morgan fingerprint density at radius 2 is 1.19 bits per heavy atom. The molecule has 0 spiro atoms. The van der Waals surface area contributed by atoms with E-state index >= 15 is 0 Å². The van der Waals surface area contributed by atoms with Crippen molar-refractivity contribution in [2.75, 3.05) is 0 Å². The molecule has 3 rings (SSSR count). The van der Waals surface area contributed by atoms with Gasteiger partial charge in [0, 0.05) is 0 Å². The van der Waals surface area contributed by atoms with Crippen LogP contribution in [0, 0.1) is 0 Å². The fraction of sp³-hybridized carbons (Fsp3) is 0.462. The molecular formula is C26H36N4Sn. The molecule has 0 aliphatic heterocycles. The molecule has 0 aliphatic rings. The Morgan fingerprint density at radius 3 is 1.68 bits per heavy atom. The molecule has 0 aliphatic carbocycles. The van der Waals surface area contributed by atoms with Crippen molar-refractivity contribution in [2.45, 2.75) is 72.6 Å². The fourth-order valence-electron chi connectivity index (χ4n) is 4.45. The predicted molar refractivity (Wildman–Crippen MR) is 133 cm³/mol. The van der Waals surface area contributed by atoms with Gasteiger partial charge < -0.3 is 0 Å². The second-order valence-electron chi connectivity index (χ2n) is 8.51. The van der Waals surface area contributed by atoms with Gasteiger partial charge in [-0.2, -0.15) is 0 Å². The van der Waals surface area contributed by atoms with Crippen LogP contribution in [-0.2, 0) is 0 Å². The van der Waals surface area contributed by atoms with Crippen LogP contribution in [0.2, 0.25) is 13.3 Å². The molecule has 0 radical (unpaired) electrons. The van der Waals surface area contributed by atoms with Gasteiger partial charge in [-0.05, 0) is 0 Å².